The number of amides is 1. The van der Waals surface area contributed by atoms with Crippen molar-refractivity contribution >= 4 is 17.8 Å². The van der Waals surface area contributed by atoms with Gasteiger partial charge < -0.3 is 14.8 Å². The Balaban J connectivity index is 1.83. The number of allylic oxidation sites excluding steroid dienone is 1. The fraction of sp³-hybridized carbons (Fsp3) is 0.545. The van der Waals surface area contributed by atoms with E-state index < -0.39 is 17.9 Å². The van der Waals surface area contributed by atoms with Gasteiger partial charge in [0.1, 0.15) is 17.5 Å². The molecule has 2 aliphatic carbocycles. The van der Waals surface area contributed by atoms with Gasteiger partial charge in [0, 0.05) is 25.5 Å². The first kappa shape index (κ1) is 21.0. The monoisotopic (exact) mass is 400 g/mol. The second kappa shape index (κ2) is 9.67. The van der Waals surface area contributed by atoms with E-state index in [1.807, 2.05) is 0 Å². The third-order valence-corrected chi connectivity index (χ3v) is 5.80. The zero-order valence-corrected chi connectivity index (χ0v) is 17.0. The smallest absolute Gasteiger partial charge is 0.328 e. The predicted octanol–water partition coefficient (Wildman–Crippen LogP) is 3.16. The van der Waals surface area contributed by atoms with Gasteiger partial charge in [-0.2, -0.15) is 0 Å². The van der Waals surface area contributed by atoms with Gasteiger partial charge in [0.25, 0.3) is 5.91 Å². The summed E-state index contributed by atoms with van der Waals surface area (Å²) in [6.45, 7) is 1.40. The minimum absolute atomic E-state index is 0.209. The number of hydrogen-bond acceptors (Lipinski definition) is 6. The van der Waals surface area contributed by atoms with E-state index in [0.29, 0.717) is 11.7 Å². The summed E-state index contributed by atoms with van der Waals surface area (Å²) >= 11 is 0. The highest BCUT2D eigenvalue weighted by Crippen LogP contribution is 2.45. The first-order valence-corrected chi connectivity index (χ1v) is 10.2. The predicted molar refractivity (Wildman–Crippen MR) is 106 cm³/mol. The Morgan fingerprint density at radius 2 is 2.00 bits per heavy atom. The molecule has 1 aromatic rings. The maximum Gasteiger partial charge on any atom is 0.328 e. The van der Waals surface area contributed by atoms with Crippen LogP contribution in [-0.2, 0) is 19.1 Å². The summed E-state index contributed by atoms with van der Waals surface area (Å²) in [6.07, 6.45) is 7.97. The van der Waals surface area contributed by atoms with E-state index in [-0.39, 0.29) is 24.0 Å². The molecule has 1 N–H and O–H groups in total. The van der Waals surface area contributed by atoms with Crippen LogP contribution < -0.4 is 5.32 Å². The van der Waals surface area contributed by atoms with Crippen LogP contribution in [0.15, 0.2) is 35.7 Å². The molecular weight excluding hydrogens is 372 g/mol. The molecule has 0 saturated heterocycles. The molecule has 1 heterocycles. The summed E-state index contributed by atoms with van der Waals surface area (Å²) in [7, 11) is 1.29. The van der Waals surface area contributed by atoms with E-state index in [2.05, 4.69) is 10.3 Å². The zero-order valence-electron chi connectivity index (χ0n) is 17.0. The summed E-state index contributed by atoms with van der Waals surface area (Å²) in [5.74, 6) is 0.102. The van der Waals surface area contributed by atoms with Gasteiger partial charge in [-0.15, -0.1) is 0 Å². The Labute approximate surface area is 170 Å². The SMILES string of the molecule is COC(=O)[C@@H](CC1=C(OC(C)=O)C2CCCCC2CC1)NC(=O)c1ccccn1. The van der Waals surface area contributed by atoms with Gasteiger partial charge in [0.2, 0.25) is 0 Å². The molecule has 0 aliphatic heterocycles. The van der Waals surface area contributed by atoms with Crippen LogP contribution in [0.5, 0.6) is 0 Å². The van der Waals surface area contributed by atoms with E-state index in [4.69, 9.17) is 9.47 Å². The second-order valence-corrected chi connectivity index (χ2v) is 7.72. The molecule has 0 aromatic carbocycles. The van der Waals surface area contributed by atoms with E-state index in [1.165, 1.54) is 26.7 Å². The molecule has 0 radical (unpaired) electrons. The van der Waals surface area contributed by atoms with E-state index in [9.17, 15) is 14.4 Å². The van der Waals surface area contributed by atoms with Crippen LogP contribution in [-0.4, -0.2) is 36.0 Å². The highest BCUT2D eigenvalue weighted by molar-refractivity contribution is 5.95. The van der Waals surface area contributed by atoms with Crippen molar-refractivity contribution in [2.45, 2.75) is 57.9 Å². The number of nitrogens with zero attached hydrogens (tertiary/aromatic N) is 1. The minimum atomic E-state index is -0.866. The number of ether oxygens (including phenoxy) is 2. The third kappa shape index (κ3) is 5.22. The minimum Gasteiger partial charge on any atom is -0.467 e. The number of hydrogen-bond donors (Lipinski definition) is 1. The van der Waals surface area contributed by atoms with Crippen LogP contribution in [0.4, 0.5) is 0 Å². The standard InChI is InChI=1S/C22H28N2O5/c1-14(25)29-20-16(11-10-15-7-3-4-8-17(15)20)13-19(22(27)28-2)24-21(26)18-9-5-6-12-23-18/h5-6,9,12,15,17,19H,3-4,7-8,10-11,13H2,1-2H3,(H,24,26)/t15?,17?,19-/m1/s1. The fourth-order valence-corrected chi connectivity index (χ4v) is 4.46. The van der Waals surface area contributed by atoms with Crippen molar-refractivity contribution in [3.63, 3.8) is 0 Å². The van der Waals surface area contributed by atoms with Crippen LogP contribution in [0.25, 0.3) is 0 Å². The number of methoxy groups -OCH3 is 1. The lowest BCUT2D eigenvalue weighted by Crippen LogP contribution is -2.42. The summed E-state index contributed by atoms with van der Waals surface area (Å²) in [5, 5.41) is 2.73. The quantitative estimate of drug-likeness (QED) is 0.737. The zero-order chi connectivity index (χ0) is 20.8. The largest absolute Gasteiger partial charge is 0.467 e. The number of aromatic nitrogens is 1. The number of carbonyl (C=O) groups is 3. The first-order valence-electron chi connectivity index (χ1n) is 10.2. The average molecular weight is 400 g/mol. The molecule has 7 heteroatoms. The van der Waals surface area contributed by atoms with Crippen molar-refractivity contribution < 1.29 is 23.9 Å². The summed E-state index contributed by atoms with van der Waals surface area (Å²) in [5.41, 5.74) is 1.15. The van der Waals surface area contributed by atoms with Crippen LogP contribution in [0.2, 0.25) is 0 Å². The van der Waals surface area contributed by atoms with E-state index in [1.54, 1.807) is 18.2 Å². The third-order valence-electron chi connectivity index (χ3n) is 5.80. The van der Waals surface area contributed by atoms with Gasteiger partial charge in [-0.25, -0.2) is 4.79 Å². The molecule has 0 spiro atoms. The molecule has 156 valence electrons. The molecular formula is C22H28N2O5. The topological polar surface area (TPSA) is 94.6 Å². The van der Waals surface area contributed by atoms with Gasteiger partial charge in [-0.05, 0) is 49.3 Å². The lowest BCUT2D eigenvalue weighted by molar-refractivity contribution is -0.142. The first-order chi connectivity index (χ1) is 14.0. The molecule has 7 nitrogen and oxygen atoms in total. The molecule has 2 unspecified atom stereocenters. The Morgan fingerprint density at radius 1 is 1.21 bits per heavy atom. The van der Waals surface area contributed by atoms with Gasteiger partial charge in [-0.3, -0.25) is 14.6 Å². The van der Waals surface area contributed by atoms with Crippen molar-refractivity contribution in [1.82, 2.24) is 10.3 Å². The number of esters is 2. The maximum absolute atomic E-state index is 12.5. The number of pyridine rings is 1. The summed E-state index contributed by atoms with van der Waals surface area (Å²) < 4.78 is 10.5. The van der Waals surface area contributed by atoms with Crippen molar-refractivity contribution in [3.8, 4) is 0 Å². The molecule has 2 aliphatic rings. The molecule has 0 bridgehead atoms. The average Bonchev–Trinajstić information content (AvgIpc) is 2.74. The van der Waals surface area contributed by atoms with Crippen LogP contribution in [0, 0.1) is 11.8 Å². The second-order valence-electron chi connectivity index (χ2n) is 7.72. The molecule has 1 saturated carbocycles. The number of rotatable bonds is 6. The Kier molecular flexibility index (Phi) is 7.01. The molecule has 1 amide bonds. The molecule has 3 atom stereocenters. The van der Waals surface area contributed by atoms with Gasteiger partial charge in [0.05, 0.1) is 7.11 Å². The van der Waals surface area contributed by atoms with Gasteiger partial charge in [0.15, 0.2) is 0 Å². The van der Waals surface area contributed by atoms with Gasteiger partial charge in [-0.1, -0.05) is 18.9 Å². The molecule has 1 aromatic heterocycles. The van der Waals surface area contributed by atoms with E-state index >= 15 is 0 Å². The summed E-state index contributed by atoms with van der Waals surface area (Å²) in [6, 6.07) is 4.14. The highest BCUT2D eigenvalue weighted by Gasteiger charge is 2.37. The number of fused-ring (bicyclic) bond motifs is 1. The Bertz CT molecular complexity index is 790. The Morgan fingerprint density at radius 3 is 2.69 bits per heavy atom. The van der Waals surface area contributed by atoms with Crippen molar-refractivity contribution in [2.75, 3.05) is 7.11 Å². The molecule has 3 rings (SSSR count). The maximum atomic E-state index is 12.5. The van der Waals surface area contributed by atoms with Crippen molar-refractivity contribution in [2.24, 2.45) is 11.8 Å². The van der Waals surface area contributed by atoms with Crippen LogP contribution in [0.3, 0.4) is 0 Å². The number of nitrogens with one attached hydrogen (secondary N) is 1. The lowest BCUT2D eigenvalue weighted by atomic mass is 9.70. The summed E-state index contributed by atoms with van der Waals surface area (Å²) in [4.78, 5) is 40.7. The molecule has 29 heavy (non-hydrogen) atoms. The fourth-order valence-electron chi connectivity index (χ4n) is 4.46. The lowest BCUT2D eigenvalue weighted by Gasteiger charge is -2.38. The highest BCUT2D eigenvalue weighted by atomic mass is 16.5. The van der Waals surface area contributed by atoms with Crippen molar-refractivity contribution in [3.05, 3.63) is 41.4 Å². The van der Waals surface area contributed by atoms with E-state index in [0.717, 1.165) is 37.7 Å². The normalized spacial score (nSPS) is 22.3. The van der Waals surface area contributed by atoms with Crippen molar-refractivity contribution in [1.29, 1.82) is 0 Å². The van der Waals surface area contributed by atoms with Crippen LogP contribution >= 0.6 is 0 Å². The Hall–Kier alpha value is -2.70. The van der Waals surface area contributed by atoms with Crippen LogP contribution in [0.1, 0.15) is 62.4 Å². The number of carbonyl (C=O) groups excluding carboxylic acids is 3. The van der Waals surface area contributed by atoms with Gasteiger partial charge >= 0.3 is 11.9 Å². The molecule has 1 fully saturated rings.